The van der Waals surface area contributed by atoms with E-state index in [0.717, 1.165) is 0 Å². The van der Waals surface area contributed by atoms with Crippen molar-refractivity contribution in [1.82, 2.24) is 10.4 Å². The first-order chi connectivity index (χ1) is 10.0. The zero-order valence-corrected chi connectivity index (χ0v) is 12.6. The van der Waals surface area contributed by atoms with E-state index in [0.29, 0.717) is 29.9 Å². The number of carbonyl (C=O) groups excluding carboxylic acids is 2. The monoisotopic (exact) mass is 288 g/mol. The predicted molar refractivity (Wildman–Crippen MR) is 80.0 cm³/mol. The van der Waals surface area contributed by atoms with Crippen molar-refractivity contribution in [2.24, 2.45) is 5.41 Å². The average molecular weight is 288 g/mol. The van der Waals surface area contributed by atoms with E-state index in [-0.39, 0.29) is 11.8 Å². The van der Waals surface area contributed by atoms with E-state index in [1.54, 1.807) is 19.2 Å². The zero-order valence-electron chi connectivity index (χ0n) is 12.6. The number of hydrogen-bond acceptors (Lipinski definition) is 3. The first-order valence-electron chi connectivity index (χ1n) is 6.99. The number of nitrogens with zero attached hydrogens (tertiary/aromatic N) is 1. The van der Waals surface area contributed by atoms with Crippen LogP contribution in [0.3, 0.4) is 0 Å². The van der Waals surface area contributed by atoms with E-state index in [2.05, 4.69) is 12.0 Å². The Morgan fingerprint density at radius 2 is 1.90 bits per heavy atom. The van der Waals surface area contributed by atoms with Crippen molar-refractivity contribution in [2.45, 2.75) is 26.7 Å². The van der Waals surface area contributed by atoms with Crippen LogP contribution in [-0.2, 0) is 9.59 Å². The second-order valence-electron chi connectivity index (χ2n) is 5.02. The average Bonchev–Trinajstić information content (AvgIpc) is 2.78. The number of nitrogens with one attached hydrogen (secondary N) is 1. The molecule has 1 fully saturated rings. The van der Waals surface area contributed by atoms with E-state index < -0.39 is 5.41 Å². The number of hydrogen-bond donors (Lipinski definition) is 1. The van der Waals surface area contributed by atoms with Gasteiger partial charge in [-0.15, -0.1) is 0 Å². The quantitative estimate of drug-likeness (QED) is 0.846. The maximum absolute atomic E-state index is 12.7. The molecule has 5 nitrogen and oxygen atoms in total. The van der Waals surface area contributed by atoms with Gasteiger partial charge in [0.1, 0.15) is 11.2 Å². The maximum Gasteiger partial charge on any atom is 0.261 e. The van der Waals surface area contributed by atoms with Gasteiger partial charge in [0.05, 0.1) is 12.8 Å². The lowest BCUT2D eigenvalue weighted by molar-refractivity contribution is -0.138. The van der Waals surface area contributed by atoms with E-state index in [9.17, 15) is 9.59 Å². The summed E-state index contributed by atoms with van der Waals surface area (Å²) in [5.41, 5.74) is 2.73. The van der Waals surface area contributed by atoms with Crippen LogP contribution in [0.4, 0.5) is 0 Å². The van der Waals surface area contributed by atoms with Gasteiger partial charge in [-0.05, 0) is 25.0 Å². The van der Waals surface area contributed by atoms with Gasteiger partial charge in [-0.1, -0.05) is 32.6 Å². The van der Waals surface area contributed by atoms with E-state index >= 15 is 0 Å². The van der Waals surface area contributed by atoms with Gasteiger partial charge in [0.15, 0.2) is 0 Å². The summed E-state index contributed by atoms with van der Waals surface area (Å²) in [6.07, 6.45) is 0.924. The van der Waals surface area contributed by atoms with Crippen molar-refractivity contribution < 1.29 is 14.3 Å². The molecule has 1 aromatic rings. The zero-order chi connectivity index (χ0) is 15.6. The van der Waals surface area contributed by atoms with Crippen LogP contribution in [-0.4, -0.2) is 23.9 Å². The normalized spacial score (nSPS) is 16.8. The van der Waals surface area contributed by atoms with Gasteiger partial charge in [0, 0.05) is 5.56 Å². The van der Waals surface area contributed by atoms with Crippen LogP contribution < -0.4 is 10.2 Å². The Bertz CT molecular complexity index is 591. The van der Waals surface area contributed by atoms with Gasteiger partial charge >= 0.3 is 0 Å². The van der Waals surface area contributed by atoms with Crippen LogP contribution in [0.25, 0.3) is 5.70 Å². The molecule has 1 aliphatic rings. The topological polar surface area (TPSA) is 58.6 Å². The Labute approximate surface area is 124 Å². The summed E-state index contributed by atoms with van der Waals surface area (Å²) >= 11 is 0. The van der Waals surface area contributed by atoms with Crippen LogP contribution in [0.1, 0.15) is 32.3 Å². The summed E-state index contributed by atoms with van der Waals surface area (Å²) in [5, 5.41) is 1.24. The van der Waals surface area contributed by atoms with Crippen LogP contribution in [0, 0.1) is 5.41 Å². The highest BCUT2D eigenvalue weighted by Gasteiger charge is 2.52. The second kappa shape index (κ2) is 5.60. The first-order valence-corrected chi connectivity index (χ1v) is 6.99. The lowest BCUT2D eigenvalue weighted by atomic mass is 9.81. The van der Waals surface area contributed by atoms with E-state index in [1.165, 1.54) is 5.01 Å². The Kier molecular flexibility index (Phi) is 4.02. The fourth-order valence-corrected chi connectivity index (χ4v) is 2.64. The molecule has 0 unspecified atom stereocenters. The molecule has 1 N–H and O–H groups in total. The molecule has 1 heterocycles. The minimum Gasteiger partial charge on any atom is -0.496 e. The largest absolute Gasteiger partial charge is 0.496 e. The Hall–Kier alpha value is -2.30. The lowest BCUT2D eigenvalue weighted by Crippen LogP contribution is -2.35. The molecule has 0 radical (unpaired) electrons. The number of rotatable bonds is 5. The summed E-state index contributed by atoms with van der Waals surface area (Å²) in [4.78, 5) is 24.9. The minimum absolute atomic E-state index is 0.256. The fraction of sp³-hybridized carbons (Fsp3) is 0.375. The van der Waals surface area contributed by atoms with Crippen LogP contribution in [0.15, 0.2) is 30.8 Å². The highest BCUT2D eigenvalue weighted by atomic mass is 16.5. The molecule has 2 amide bonds. The van der Waals surface area contributed by atoms with Crippen molar-refractivity contribution >= 4 is 17.5 Å². The summed E-state index contributed by atoms with van der Waals surface area (Å²) in [6.45, 7) is 7.63. The molecule has 5 heteroatoms. The highest BCUT2D eigenvalue weighted by Crippen LogP contribution is 2.37. The number of para-hydroxylation sites is 1. The predicted octanol–water partition coefficient (Wildman–Crippen LogP) is 2.35. The summed E-state index contributed by atoms with van der Waals surface area (Å²) in [6, 6.07) is 7.26. The Morgan fingerprint density at radius 1 is 1.29 bits per heavy atom. The van der Waals surface area contributed by atoms with Crippen molar-refractivity contribution in [1.29, 1.82) is 0 Å². The van der Waals surface area contributed by atoms with Crippen molar-refractivity contribution in [3.8, 4) is 5.75 Å². The van der Waals surface area contributed by atoms with Crippen LogP contribution in [0.2, 0.25) is 0 Å². The van der Waals surface area contributed by atoms with Gasteiger partial charge in [-0.3, -0.25) is 15.0 Å². The molecule has 21 heavy (non-hydrogen) atoms. The van der Waals surface area contributed by atoms with Crippen molar-refractivity contribution in [3.05, 3.63) is 36.4 Å². The van der Waals surface area contributed by atoms with Gasteiger partial charge in [0.2, 0.25) is 0 Å². The second-order valence-corrected chi connectivity index (χ2v) is 5.02. The van der Waals surface area contributed by atoms with Crippen molar-refractivity contribution in [2.75, 3.05) is 7.11 Å². The molecule has 0 saturated carbocycles. The third-order valence-corrected chi connectivity index (χ3v) is 4.16. The molecule has 0 bridgehead atoms. The Morgan fingerprint density at radius 3 is 2.43 bits per heavy atom. The molecule has 1 aliphatic heterocycles. The first kappa shape index (κ1) is 15.1. The molecule has 2 rings (SSSR count). The summed E-state index contributed by atoms with van der Waals surface area (Å²) in [7, 11) is 1.55. The smallest absolute Gasteiger partial charge is 0.261 e. The number of methoxy groups -OCH3 is 1. The molecular weight excluding hydrogens is 268 g/mol. The number of amides is 2. The molecule has 0 spiro atoms. The van der Waals surface area contributed by atoms with Crippen LogP contribution >= 0.6 is 0 Å². The van der Waals surface area contributed by atoms with Gasteiger partial charge in [0.25, 0.3) is 11.8 Å². The SMILES string of the molecule is C=C(c1ccccc1OC)N1NC(=O)C(CC)(CC)C1=O. The third kappa shape index (κ3) is 2.18. The Balaban J connectivity index is 2.38. The highest BCUT2D eigenvalue weighted by molar-refractivity contribution is 6.12. The molecule has 1 aromatic carbocycles. The molecule has 0 aliphatic carbocycles. The fourth-order valence-electron chi connectivity index (χ4n) is 2.64. The number of ether oxygens (including phenoxy) is 1. The van der Waals surface area contributed by atoms with Gasteiger partial charge in [-0.2, -0.15) is 0 Å². The standard InChI is InChI=1S/C16H20N2O3/c1-5-16(6-2)14(19)17-18(15(16)20)11(3)12-9-7-8-10-13(12)21-4/h7-10H,3,5-6H2,1-2,4H3,(H,17,19). The van der Waals surface area contributed by atoms with Gasteiger partial charge in [-0.25, -0.2) is 5.01 Å². The number of hydrazine groups is 1. The molecule has 112 valence electrons. The van der Waals surface area contributed by atoms with Crippen molar-refractivity contribution in [3.63, 3.8) is 0 Å². The summed E-state index contributed by atoms with van der Waals surface area (Å²) in [5.74, 6) is 0.0806. The molecule has 0 aromatic heterocycles. The molecular formula is C16H20N2O3. The van der Waals surface area contributed by atoms with Crippen LogP contribution in [0.5, 0.6) is 5.75 Å². The third-order valence-electron chi connectivity index (χ3n) is 4.16. The van der Waals surface area contributed by atoms with E-state index in [1.807, 2.05) is 26.0 Å². The number of carbonyl (C=O) groups is 2. The van der Waals surface area contributed by atoms with Gasteiger partial charge < -0.3 is 4.74 Å². The van der Waals surface area contributed by atoms with E-state index in [4.69, 9.17) is 4.74 Å². The number of benzene rings is 1. The lowest BCUT2D eigenvalue weighted by Gasteiger charge is -2.23. The summed E-state index contributed by atoms with van der Waals surface area (Å²) < 4.78 is 5.28. The molecule has 1 saturated heterocycles. The maximum atomic E-state index is 12.7. The molecule has 0 atom stereocenters. The minimum atomic E-state index is -0.995.